The molecule has 0 saturated heterocycles. The molecule has 0 aliphatic heterocycles. The summed E-state index contributed by atoms with van der Waals surface area (Å²) >= 11 is 0. The predicted molar refractivity (Wildman–Crippen MR) is 41.9 cm³/mol. The normalized spacial score (nSPS) is 41.8. The monoisotopic (exact) mass is 157 g/mol. The third-order valence-electron chi connectivity index (χ3n) is 2.95. The number of nitrogens with two attached hydrogens (primary N) is 1. The lowest BCUT2D eigenvalue weighted by atomic mass is 10.00. The van der Waals surface area contributed by atoms with Gasteiger partial charge in [-0.15, -0.1) is 0 Å². The van der Waals surface area contributed by atoms with Crippen molar-refractivity contribution in [3.8, 4) is 0 Å². The molecule has 0 radical (unpaired) electrons. The SMILES string of the molecule is CC[C@@]1(C)C[C@@]1(N)C(=O)OC. The molecule has 0 spiro atoms. The molecule has 0 aromatic heterocycles. The van der Waals surface area contributed by atoms with Crippen LogP contribution in [0.4, 0.5) is 0 Å². The Hall–Kier alpha value is -0.570. The van der Waals surface area contributed by atoms with Crippen molar-refractivity contribution in [1.29, 1.82) is 0 Å². The highest BCUT2D eigenvalue weighted by molar-refractivity contribution is 5.85. The quantitative estimate of drug-likeness (QED) is 0.599. The van der Waals surface area contributed by atoms with Crippen LogP contribution in [-0.4, -0.2) is 18.6 Å². The Morgan fingerprint density at radius 1 is 1.73 bits per heavy atom. The van der Waals surface area contributed by atoms with Gasteiger partial charge in [0.05, 0.1) is 7.11 Å². The molecule has 0 bridgehead atoms. The molecule has 1 fully saturated rings. The van der Waals surface area contributed by atoms with Gasteiger partial charge in [-0.2, -0.15) is 0 Å². The van der Waals surface area contributed by atoms with Crippen LogP contribution in [0.5, 0.6) is 0 Å². The van der Waals surface area contributed by atoms with Crippen LogP contribution in [0.1, 0.15) is 26.7 Å². The van der Waals surface area contributed by atoms with Gasteiger partial charge in [0.25, 0.3) is 0 Å². The standard InChI is InChI=1S/C8H15NO2/c1-4-7(2)5-8(7,9)6(10)11-3/h4-5,9H2,1-3H3/t7-,8+/m0/s1. The third-order valence-corrected chi connectivity index (χ3v) is 2.95. The van der Waals surface area contributed by atoms with Gasteiger partial charge < -0.3 is 10.5 Å². The third kappa shape index (κ3) is 0.948. The zero-order chi connectivity index (χ0) is 8.70. The minimum Gasteiger partial charge on any atom is -0.468 e. The van der Waals surface area contributed by atoms with E-state index in [1.165, 1.54) is 7.11 Å². The second-order valence-corrected chi connectivity index (χ2v) is 3.55. The van der Waals surface area contributed by atoms with Crippen LogP contribution in [0.3, 0.4) is 0 Å². The molecule has 11 heavy (non-hydrogen) atoms. The summed E-state index contributed by atoms with van der Waals surface area (Å²) in [5.74, 6) is -0.276. The van der Waals surface area contributed by atoms with E-state index >= 15 is 0 Å². The van der Waals surface area contributed by atoms with Crippen LogP contribution < -0.4 is 5.73 Å². The van der Waals surface area contributed by atoms with E-state index in [-0.39, 0.29) is 11.4 Å². The Morgan fingerprint density at radius 3 is 2.55 bits per heavy atom. The fourth-order valence-corrected chi connectivity index (χ4v) is 1.51. The van der Waals surface area contributed by atoms with E-state index in [9.17, 15) is 4.79 Å². The van der Waals surface area contributed by atoms with E-state index in [0.717, 1.165) is 12.8 Å². The van der Waals surface area contributed by atoms with Gasteiger partial charge in [0.15, 0.2) is 0 Å². The fourth-order valence-electron chi connectivity index (χ4n) is 1.51. The van der Waals surface area contributed by atoms with Gasteiger partial charge in [-0.1, -0.05) is 13.8 Å². The number of hydrogen-bond acceptors (Lipinski definition) is 3. The molecule has 0 heterocycles. The zero-order valence-corrected chi connectivity index (χ0v) is 7.31. The maximum atomic E-state index is 11.1. The number of ether oxygens (including phenoxy) is 1. The summed E-state index contributed by atoms with van der Waals surface area (Å²) in [7, 11) is 1.38. The van der Waals surface area contributed by atoms with E-state index in [0.29, 0.717) is 0 Å². The number of carbonyl (C=O) groups is 1. The smallest absolute Gasteiger partial charge is 0.326 e. The summed E-state index contributed by atoms with van der Waals surface area (Å²) < 4.78 is 4.61. The molecule has 1 rings (SSSR count). The fraction of sp³-hybridized carbons (Fsp3) is 0.875. The first-order valence-electron chi connectivity index (χ1n) is 3.87. The van der Waals surface area contributed by atoms with Gasteiger partial charge >= 0.3 is 5.97 Å². The molecule has 0 aromatic carbocycles. The molecular weight excluding hydrogens is 142 g/mol. The summed E-state index contributed by atoms with van der Waals surface area (Å²) in [6.07, 6.45) is 1.68. The maximum absolute atomic E-state index is 11.1. The Kier molecular flexibility index (Phi) is 1.71. The molecule has 64 valence electrons. The predicted octanol–water partition coefficient (Wildman–Crippen LogP) is 0.677. The molecule has 2 atom stereocenters. The lowest BCUT2D eigenvalue weighted by Gasteiger charge is -2.13. The minimum atomic E-state index is -0.698. The minimum absolute atomic E-state index is 0.0277. The summed E-state index contributed by atoms with van der Waals surface area (Å²) in [4.78, 5) is 11.1. The largest absolute Gasteiger partial charge is 0.468 e. The van der Waals surface area contributed by atoms with Gasteiger partial charge in [-0.25, -0.2) is 0 Å². The van der Waals surface area contributed by atoms with E-state index < -0.39 is 5.54 Å². The molecular formula is C8H15NO2. The van der Waals surface area contributed by atoms with Crippen LogP contribution in [-0.2, 0) is 9.53 Å². The number of methoxy groups -OCH3 is 1. The van der Waals surface area contributed by atoms with Crippen LogP contribution in [0.15, 0.2) is 0 Å². The van der Waals surface area contributed by atoms with Crippen molar-refractivity contribution in [1.82, 2.24) is 0 Å². The number of carbonyl (C=O) groups excluding carboxylic acids is 1. The van der Waals surface area contributed by atoms with Gasteiger partial charge in [0.2, 0.25) is 0 Å². The van der Waals surface area contributed by atoms with Crippen molar-refractivity contribution < 1.29 is 9.53 Å². The van der Waals surface area contributed by atoms with Gasteiger partial charge in [-0.3, -0.25) is 4.79 Å². The molecule has 3 heteroatoms. The van der Waals surface area contributed by atoms with Crippen LogP contribution in [0.2, 0.25) is 0 Å². The van der Waals surface area contributed by atoms with Crippen LogP contribution >= 0.6 is 0 Å². The Labute approximate surface area is 66.9 Å². The Bertz CT molecular complexity index is 193. The first-order valence-corrected chi connectivity index (χ1v) is 3.87. The lowest BCUT2D eigenvalue weighted by Crippen LogP contribution is -2.39. The first-order chi connectivity index (χ1) is 5.00. The highest BCUT2D eigenvalue weighted by Gasteiger charge is 2.66. The zero-order valence-electron chi connectivity index (χ0n) is 7.31. The maximum Gasteiger partial charge on any atom is 0.326 e. The molecule has 3 nitrogen and oxygen atoms in total. The highest BCUT2D eigenvalue weighted by atomic mass is 16.5. The topological polar surface area (TPSA) is 52.3 Å². The molecule has 0 amide bonds. The Balaban J connectivity index is 2.69. The average Bonchev–Trinajstić information content (AvgIpc) is 2.56. The summed E-state index contributed by atoms with van der Waals surface area (Å²) in [5, 5.41) is 0. The van der Waals surface area contributed by atoms with Gasteiger partial charge in [-0.05, 0) is 18.3 Å². The molecule has 0 aromatic rings. The molecule has 0 unspecified atom stereocenters. The van der Waals surface area contributed by atoms with Crippen molar-refractivity contribution in [2.24, 2.45) is 11.1 Å². The van der Waals surface area contributed by atoms with E-state index in [1.54, 1.807) is 0 Å². The molecule has 1 aliphatic rings. The summed E-state index contributed by atoms with van der Waals surface area (Å²) in [5.41, 5.74) is 5.09. The van der Waals surface area contributed by atoms with Crippen molar-refractivity contribution in [2.45, 2.75) is 32.2 Å². The number of hydrogen-bond donors (Lipinski definition) is 1. The van der Waals surface area contributed by atoms with Crippen molar-refractivity contribution in [3.05, 3.63) is 0 Å². The van der Waals surface area contributed by atoms with E-state index in [2.05, 4.69) is 4.74 Å². The van der Waals surface area contributed by atoms with Crippen LogP contribution in [0, 0.1) is 5.41 Å². The van der Waals surface area contributed by atoms with Crippen molar-refractivity contribution >= 4 is 5.97 Å². The van der Waals surface area contributed by atoms with Crippen molar-refractivity contribution in [2.75, 3.05) is 7.11 Å². The molecule has 1 aliphatic carbocycles. The van der Waals surface area contributed by atoms with Crippen LogP contribution in [0.25, 0.3) is 0 Å². The number of esters is 1. The van der Waals surface area contributed by atoms with E-state index in [1.807, 2.05) is 13.8 Å². The second kappa shape index (κ2) is 2.21. The first kappa shape index (κ1) is 8.53. The van der Waals surface area contributed by atoms with Gasteiger partial charge in [0, 0.05) is 0 Å². The van der Waals surface area contributed by atoms with Crippen molar-refractivity contribution in [3.63, 3.8) is 0 Å². The lowest BCUT2D eigenvalue weighted by molar-refractivity contribution is -0.144. The summed E-state index contributed by atoms with van der Waals surface area (Å²) in [6, 6.07) is 0. The van der Waals surface area contributed by atoms with Gasteiger partial charge in [0.1, 0.15) is 5.54 Å². The molecule has 1 saturated carbocycles. The van der Waals surface area contributed by atoms with E-state index in [4.69, 9.17) is 5.73 Å². The number of rotatable bonds is 2. The average molecular weight is 157 g/mol. The second-order valence-electron chi connectivity index (χ2n) is 3.55. The molecule has 2 N–H and O–H groups in total. The highest BCUT2D eigenvalue weighted by Crippen LogP contribution is 2.56. The summed E-state index contributed by atoms with van der Waals surface area (Å²) in [6.45, 7) is 4.06. The Morgan fingerprint density at radius 2 is 2.27 bits per heavy atom.